The first-order valence-electron chi connectivity index (χ1n) is 2.92. The van der Waals surface area contributed by atoms with Gasteiger partial charge < -0.3 is 0 Å². The highest BCUT2D eigenvalue weighted by Crippen LogP contribution is 2.07. The van der Waals surface area contributed by atoms with Crippen LogP contribution in [0.5, 0.6) is 0 Å². The molecule has 0 fully saturated rings. The third-order valence-electron chi connectivity index (χ3n) is 0.660. The average molecular weight is 133 g/mol. The molecule has 56 valence electrons. The standard InChI is InChI=1S/C6H15NO2/c1-6(2,3)9-7(4)8-5/h1-5H3. The summed E-state index contributed by atoms with van der Waals surface area (Å²) in [6, 6.07) is 0. The zero-order valence-corrected chi connectivity index (χ0v) is 6.76. The van der Waals surface area contributed by atoms with E-state index in [0.29, 0.717) is 0 Å². The highest BCUT2D eigenvalue weighted by atomic mass is 16.9. The zero-order chi connectivity index (χ0) is 7.49. The lowest BCUT2D eigenvalue weighted by molar-refractivity contribution is -0.376. The molecule has 0 amide bonds. The number of rotatable bonds is 2. The number of hydrogen-bond acceptors (Lipinski definition) is 3. The molecule has 0 aromatic rings. The van der Waals surface area contributed by atoms with Crippen molar-refractivity contribution in [1.82, 2.24) is 5.23 Å². The molecular formula is C6H15NO2. The van der Waals surface area contributed by atoms with Gasteiger partial charge in [-0.05, 0) is 20.8 Å². The Morgan fingerprint density at radius 2 is 1.67 bits per heavy atom. The third kappa shape index (κ3) is 5.76. The molecule has 0 spiro atoms. The summed E-state index contributed by atoms with van der Waals surface area (Å²) in [6.07, 6.45) is 0. The predicted molar refractivity (Wildman–Crippen MR) is 35.6 cm³/mol. The molecule has 0 aliphatic heterocycles. The van der Waals surface area contributed by atoms with Crippen LogP contribution in [0.3, 0.4) is 0 Å². The first kappa shape index (κ1) is 8.88. The monoisotopic (exact) mass is 133 g/mol. The van der Waals surface area contributed by atoms with Gasteiger partial charge in [0.25, 0.3) is 0 Å². The van der Waals surface area contributed by atoms with Gasteiger partial charge in [0.2, 0.25) is 0 Å². The molecule has 0 heterocycles. The van der Waals surface area contributed by atoms with Gasteiger partial charge in [-0.2, -0.15) is 0 Å². The van der Waals surface area contributed by atoms with Gasteiger partial charge in [0, 0.05) is 7.05 Å². The van der Waals surface area contributed by atoms with Crippen LogP contribution in [-0.4, -0.2) is 25.0 Å². The van der Waals surface area contributed by atoms with Crippen LogP contribution in [0, 0.1) is 0 Å². The van der Waals surface area contributed by atoms with E-state index >= 15 is 0 Å². The third-order valence-corrected chi connectivity index (χ3v) is 0.660. The normalized spacial score (nSPS) is 12.7. The van der Waals surface area contributed by atoms with Crippen LogP contribution >= 0.6 is 0 Å². The minimum Gasteiger partial charge on any atom is -0.278 e. The summed E-state index contributed by atoms with van der Waals surface area (Å²) in [5.41, 5.74) is -0.176. The Kier molecular flexibility index (Phi) is 3.11. The lowest BCUT2D eigenvalue weighted by atomic mass is 10.2. The Labute approximate surface area is 56.5 Å². The maximum atomic E-state index is 5.20. The van der Waals surface area contributed by atoms with E-state index in [4.69, 9.17) is 9.68 Å². The Bertz CT molecular complexity index is 77.6. The fraction of sp³-hybridized carbons (Fsp3) is 1.00. The molecule has 0 unspecified atom stereocenters. The Morgan fingerprint density at radius 1 is 1.22 bits per heavy atom. The minimum atomic E-state index is -0.176. The SMILES string of the molecule is CON(C)OC(C)(C)C. The van der Waals surface area contributed by atoms with Gasteiger partial charge in [-0.1, -0.05) is 5.23 Å². The van der Waals surface area contributed by atoms with E-state index in [1.807, 2.05) is 20.8 Å². The van der Waals surface area contributed by atoms with Gasteiger partial charge in [0.15, 0.2) is 0 Å². The summed E-state index contributed by atoms with van der Waals surface area (Å²) in [6.45, 7) is 5.88. The molecule has 0 atom stereocenters. The maximum Gasteiger partial charge on any atom is 0.0842 e. The van der Waals surface area contributed by atoms with Crippen molar-refractivity contribution < 1.29 is 9.68 Å². The summed E-state index contributed by atoms with van der Waals surface area (Å²) < 4.78 is 0. The van der Waals surface area contributed by atoms with Crippen molar-refractivity contribution in [2.24, 2.45) is 0 Å². The van der Waals surface area contributed by atoms with Gasteiger partial charge in [-0.3, -0.25) is 9.68 Å². The Balaban J connectivity index is 3.47. The predicted octanol–water partition coefficient (Wildman–Crippen LogP) is 1.21. The van der Waals surface area contributed by atoms with E-state index < -0.39 is 0 Å². The molecule has 0 aromatic heterocycles. The van der Waals surface area contributed by atoms with Gasteiger partial charge >= 0.3 is 0 Å². The molecule has 0 aliphatic carbocycles. The quantitative estimate of drug-likeness (QED) is 0.528. The highest BCUT2D eigenvalue weighted by molar-refractivity contribution is 4.55. The van der Waals surface area contributed by atoms with Crippen molar-refractivity contribution in [3.63, 3.8) is 0 Å². The van der Waals surface area contributed by atoms with Crippen molar-refractivity contribution in [1.29, 1.82) is 0 Å². The smallest absolute Gasteiger partial charge is 0.0842 e. The van der Waals surface area contributed by atoms with Crippen molar-refractivity contribution in [2.45, 2.75) is 26.4 Å². The summed E-state index contributed by atoms with van der Waals surface area (Å²) in [5.74, 6) is 0. The van der Waals surface area contributed by atoms with Gasteiger partial charge in [-0.25, -0.2) is 0 Å². The molecule has 0 rings (SSSR count). The largest absolute Gasteiger partial charge is 0.278 e. The van der Waals surface area contributed by atoms with E-state index in [1.165, 1.54) is 5.23 Å². The molecule has 9 heavy (non-hydrogen) atoms. The molecule has 0 saturated heterocycles. The molecule has 3 heteroatoms. The van der Waals surface area contributed by atoms with Crippen LogP contribution < -0.4 is 0 Å². The highest BCUT2D eigenvalue weighted by Gasteiger charge is 2.13. The molecule has 0 bridgehead atoms. The summed E-state index contributed by atoms with van der Waals surface area (Å²) in [4.78, 5) is 9.94. The van der Waals surface area contributed by atoms with Crippen LogP contribution in [0.1, 0.15) is 20.8 Å². The summed E-state index contributed by atoms with van der Waals surface area (Å²) >= 11 is 0. The van der Waals surface area contributed by atoms with Crippen molar-refractivity contribution >= 4 is 0 Å². The fourth-order valence-electron chi connectivity index (χ4n) is 0.423. The average Bonchev–Trinajstić information content (AvgIpc) is 1.62. The van der Waals surface area contributed by atoms with E-state index in [0.717, 1.165) is 0 Å². The topological polar surface area (TPSA) is 21.7 Å². The summed E-state index contributed by atoms with van der Waals surface area (Å²) in [7, 11) is 3.27. The van der Waals surface area contributed by atoms with Crippen LogP contribution in [0.4, 0.5) is 0 Å². The summed E-state index contributed by atoms with van der Waals surface area (Å²) in [5, 5.41) is 1.33. The second-order valence-electron chi connectivity index (χ2n) is 2.83. The lowest BCUT2D eigenvalue weighted by Crippen LogP contribution is -2.30. The second kappa shape index (κ2) is 3.15. The fourth-order valence-corrected chi connectivity index (χ4v) is 0.423. The Morgan fingerprint density at radius 3 is 1.78 bits per heavy atom. The van der Waals surface area contributed by atoms with Crippen LogP contribution in [0.25, 0.3) is 0 Å². The minimum absolute atomic E-state index is 0.176. The molecule has 0 aromatic carbocycles. The van der Waals surface area contributed by atoms with Crippen molar-refractivity contribution in [3.8, 4) is 0 Å². The number of hydroxylamine groups is 2. The maximum absolute atomic E-state index is 5.20. The van der Waals surface area contributed by atoms with Crippen molar-refractivity contribution in [3.05, 3.63) is 0 Å². The molecule has 0 radical (unpaired) electrons. The molecule has 3 nitrogen and oxygen atoms in total. The zero-order valence-electron chi connectivity index (χ0n) is 6.76. The second-order valence-corrected chi connectivity index (χ2v) is 2.83. The van der Waals surface area contributed by atoms with E-state index in [2.05, 4.69) is 0 Å². The number of nitrogens with zero attached hydrogens (tertiary/aromatic N) is 1. The van der Waals surface area contributed by atoms with Crippen LogP contribution in [0.15, 0.2) is 0 Å². The number of hydrogen-bond donors (Lipinski definition) is 0. The van der Waals surface area contributed by atoms with Crippen molar-refractivity contribution in [2.75, 3.05) is 14.2 Å². The van der Waals surface area contributed by atoms with Gasteiger partial charge in [0.1, 0.15) is 0 Å². The van der Waals surface area contributed by atoms with Crippen LogP contribution in [0.2, 0.25) is 0 Å². The first-order valence-corrected chi connectivity index (χ1v) is 2.92. The molecule has 0 aliphatic rings. The first-order chi connectivity index (χ1) is 3.95. The molecule has 0 N–H and O–H groups in total. The molecule has 0 saturated carbocycles. The Hall–Kier alpha value is -0.120. The van der Waals surface area contributed by atoms with E-state index in [-0.39, 0.29) is 5.60 Å². The lowest BCUT2D eigenvalue weighted by Gasteiger charge is -2.24. The van der Waals surface area contributed by atoms with E-state index in [9.17, 15) is 0 Å². The van der Waals surface area contributed by atoms with Crippen LogP contribution in [-0.2, 0) is 9.68 Å². The van der Waals surface area contributed by atoms with Gasteiger partial charge in [0.05, 0.1) is 12.7 Å². The van der Waals surface area contributed by atoms with E-state index in [1.54, 1.807) is 14.2 Å². The molecular weight excluding hydrogens is 118 g/mol. The van der Waals surface area contributed by atoms with Gasteiger partial charge in [-0.15, -0.1) is 0 Å².